The Morgan fingerprint density at radius 3 is 2.42 bits per heavy atom. The quantitative estimate of drug-likeness (QED) is 0.317. The Hall–Kier alpha value is -3.87. The summed E-state index contributed by atoms with van der Waals surface area (Å²) in [4.78, 5) is 20.7. The number of hydrogen-bond donors (Lipinski definition) is 1. The molecule has 1 N–H and O–H groups in total. The SMILES string of the molecule is COc1ccc(-n2nnc3c(SCC(=O)Nc4ccc(OC(F)(F)F)cc4)ncnc32)cc1. The number of ether oxygens (including phenoxy) is 2. The second-order valence-electron chi connectivity index (χ2n) is 6.46. The van der Waals surface area contributed by atoms with Gasteiger partial charge in [0.05, 0.1) is 18.6 Å². The van der Waals surface area contributed by atoms with Gasteiger partial charge in [-0.25, -0.2) is 9.97 Å². The van der Waals surface area contributed by atoms with E-state index < -0.39 is 6.36 Å². The fraction of sp³-hybridized carbons (Fsp3) is 0.150. The summed E-state index contributed by atoms with van der Waals surface area (Å²) >= 11 is 1.13. The number of rotatable bonds is 7. The zero-order valence-electron chi connectivity index (χ0n) is 16.9. The summed E-state index contributed by atoms with van der Waals surface area (Å²) < 4.78 is 47.2. The van der Waals surface area contributed by atoms with E-state index >= 15 is 0 Å². The molecule has 4 aromatic rings. The van der Waals surface area contributed by atoms with Crippen molar-refractivity contribution in [1.82, 2.24) is 25.0 Å². The first kappa shape index (κ1) is 22.3. The number of anilines is 1. The molecule has 2 aromatic carbocycles. The number of aromatic nitrogens is 5. The summed E-state index contributed by atoms with van der Waals surface area (Å²) in [5.74, 6) is -0.0676. The number of fused-ring (bicyclic) bond motifs is 1. The van der Waals surface area contributed by atoms with Crippen LogP contribution in [0.3, 0.4) is 0 Å². The predicted octanol–water partition coefficient (Wildman–Crippen LogP) is 3.85. The van der Waals surface area contributed by atoms with E-state index in [4.69, 9.17) is 4.74 Å². The lowest BCUT2D eigenvalue weighted by molar-refractivity contribution is -0.274. The number of benzene rings is 2. The molecule has 170 valence electrons. The molecule has 2 aromatic heterocycles. The van der Waals surface area contributed by atoms with Gasteiger partial charge in [-0.2, -0.15) is 4.68 Å². The minimum Gasteiger partial charge on any atom is -0.497 e. The van der Waals surface area contributed by atoms with Crippen LogP contribution in [0.15, 0.2) is 59.9 Å². The molecule has 0 fully saturated rings. The number of halogens is 3. The van der Waals surface area contributed by atoms with Gasteiger partial charge in [-0.1, -0.05) is 17.0 Å². The van der Waals surface area contributed by atoms with Crippen LogP contribution in [0.2, 0.25) is 0 Å². The smallest absolute Gasteiger partial charge is 0.497 e. The van der Waals surface area contributed by atoms with Gasteiger partial charge < -0.3 is 14.8 Å². The van der Waals surface area contributed by atoms with Gasteiger partial charge in [-0.3, -0.25) is 4.79 Å². The van der Waals surface area contributed by atoms with Crippen LogP contribution in [0, 0.1) is 0 Å². The van der Waals surface area contributed by atoms with Crippen molar-refractivity contribution in [2.45, 2.75) is 11.4 Å². The fourth-order valence-electron chi connectivity index (χ4n) is 2.80. The number of alkyl halides is 3. The molecule has 0 saturated heterocycles. The van der Waals surface area contributed by atoms with E-state index in [2.05, 4.69) is 30.3 Å². The van der Waals surface area contributed by atoms with Gasteiger partial charge in [0, 0.05) is 5.69 Å². The lowest BCUT2D eigenvalue weighted by Crippen LogP contribution is -2.17. The molecular weight excluding hydrogens is 461 g/mol. The molecular formula is C20H15F3N6O3S. The van der Waals surface area contributed by atoms with E-state index in [0.717, 1.165) is 29.6 Å². The molecule has 0 bridgehead atoms. The lowest BCUT2D eigenvalue weighted by Gasteiger charge is -2.10. The molecule has 9 nitrogen and oxygen atoms in total. The number of nitrogens with one attached hydrogen (secondary N) is 1. The monoisotopic (exact) mass is 476 g/mol. The number of thioether (sulfide) groups is 1. The van der Waals surface area contributed by atoms with Crippen molar-refractivity contribution < 1.29 is 27.4 Å². The molecule has 33 heavy (non-hydrogen) atoms. The van der Waals surface area contributed by atoms with Crippen molar-refractivity contribution in [2.24, 2.45) is 0 Å². The van der Waals surface area contributed by atoms with E-state index in [1.807, 2.05) is 0 Å². The number of carbonyl (C=O) groups is 1. The van der Waals surface area contributed by atoms with Crippen LogP contribution < -0.4 is 14.8 Å². The molecule has 0 unspecified atom stereocenters. The maximum atomic E-state index is 12.3. The maximum absolute atomic E-state index is 12.3. The van der Waals surface area contributed by atoms with Gasteiger partial charge in [0.1, 0.15) is 22.9 Å². The van der Waals surface area contributed by atoms with Crippen molar-refractivity contribution in [3.05, 3.63) is 54.9 Å². The number of hydrogen-bond acceptors (Lipinski definition) is 8. The second-order valence-corrected chi connectivity index (χ2v) is 7.42. The molecule has 0 aliphatic rings. The van der Waals surface area contributed by atoms with Gasteiger partial charge >= 0.3 is 6.36 Å². The summed E-state index contributed by atoms with van der Waals surface area (Å²) in [7, 11) is 1.57. The summed E-state index contributed by atoms with van der Waals surface area (Å²) in [5, 5.41) is 11.3. The Morgan fingerprint density at radius 2 is 1.76 bits per heavy atom. The maximum Gasteiger partial charge on any atom is 0.573 e. The van der Waals surface area contributed by atoms with Crippen LogP contribution in [-0.4, -0.2) is 50.1 Å². The number of carbonyl (C=O) groups excluding carboxylic acids is 1. The lowest BCUT2D eigenvalue weighted by atomic mass is 10.3. The van der Waals surface area contributed by atoms with E-state index in [-0.39, 0.29) is 17.4 Å². The van der Waals surface area contributed by atoms with Crippen molar-refractivity contribution >= 4 is 34.5 Å². The van der Waals surface area contributed by atoms with Crippen LogP contribution in [0.4, 0.5) is 18.9 Å². The van der Waals surface area contributed by atoms with Gasteiger partial charge in [0.2, 0.25) is 5.91 Å². The summed E-state index contributed by atoms with van der Waals surface area (Å²) in [6.45, 7) is 0. The highest BCUT2D eigenvalue weighted by molar-refractivity contribution is 8.00. The summed E-state index contributed by atoms with van der Waals surface area (Å²) in [6, 6.07) is 12.0. The first-order valence-electron chi connectivity index (χ1n) is 9.32. The molecule has 0 atom stereocenters. The molecule has 13 heteroatoms. The van der Waals surface area contributed by atoms with E-state index in [1.165, 1.54) is 18.5 Å². The van der Waals surface area contributed by atoms with Crippen molar-refractivity contribution in [2.75, 3.05) is 18.2 Å². The Kier molecular flexibility index (Phi) is 6.31. The molecule has 0 aliphatic heterocycles. The largest absolute Gasteiger partial charge is 0.573 e. The van der Waals surface area contributed by atoms with E-state index in [9.17, 15) is 18.0 Å². The topological polar surface area (TPSA) is 104 Å². The van der Waals surface area contributed by atoms with Crippen LogP contribution in [-0.2, 0) is 4.79 Å². The highest BCUT2D eigenvalue weighted by Gasteiger charge is 2.31. The van der Waals surface area contributed by atoms with E-state index in [0.29, 0.717) is 27.6 Å². The van der Waals surface area contributed by atoms with Crippen LogP contribution in [0.1, 0.15) is 0 Å². The highest BCUT2D eigenvalue weighted by atomic mass is 32.2. The Labute approximate surface area is 188 Å². The minimum atomic E-state index is -4.78. The standard InChI is InChI=1S/C20H15F3N6O3S/c1-31-14-8-4-13(5-9-14)29-18-17(27-28-29)19(25-11-24-18)33-10-16(30)26-12-2-6-15(7-3-12)32-20(21,22)23/h2-9,11H,10H2,1H3,(H,26,30). The average Bonchev–Trinajstić information content (AvgIpc) is 3.23. The Balaban J connectivity index is 1.42. The molecule has 0 spiro atoms. The molecule has 0 aliphatic carbocycles. The van der Waals surface area contributed by atoms with Gasteiger partial charge in [0.25, 0.3) is 0 Å². The van der Waals surface area contributed by atoms with E-state index in [1.54, 1.807) is 36.1 Å². The third-order valence-corrected chi connectivity index (χ3v) is 5.21. The third-order valence-electron chi connectivity index (χ3n) is 4.23. The van der Waals surface area contributed by atoms with Crippen LogP contribution >= 0.6 is 11.8 Å². The minimum absolute atomic E-state index is 0.0116. The zero-order chi connectivity index (χ0) is 23.4. The Bertz CT molecular complexity index is 1260. The summed E-state index contributed by atoms with van der Waals surface area (Å²) in [6.07, 6.45) is -3.43. The number of nitrogens with zero attached hydrogens (tertiary/aromatic N) is 5. The van der Waals surface area contributed by atoms with Crippen molar-refractivity contribution in [3.63, 3.8) is 0 Å². The predicted molar refractivity (Wildman–Crippen MR) is 113 cm³/mol. The zero-order valence-corrected chi connectivity index (χ0v) is 17.7. The molecule has 2 heterocycles. The number of amides is 1. The third kappa shape index (κ3) is 5.49. The molecule has 4 rings (SSSR count). The van der Waals surface area contributed by atoms with Crippen molar-refractivity contribution in [3.8, 4) is 17.2 Å². The fourth-order valence-corrected chi connectivity index (χ4v) is 3.53. The molecule has 0 saturated carbocycles. The molecule has 1 amide bonds. The summed E-state index contributed by atoms with van der Waals surface area (Å²) in [5.41, 5.74) is 1.95. The normalized spacial score (nSPS) is 11.4. The van der Waals surface area contributed by atoms with Gasteiger partial charge in [-0.15, -0.1) is 18.3 Å². The first-order valence-corrected chi connectivity index (χ1v) is 10.3. The Morgan fingerprint density at radius 1 is 1.06 bits per heavy atom. The molecule has 0 radical (unpaired) electrons. The highest BCUT2D eigenvalue weighted by Crippen LogP contribution is 2.26. The van der Waals surface area contributed by atoms with Gasteiger partial charge in [-0.05, 0) is 48.5 Å². The average molecular weight is 476 g/mol. The first-order chi connectivity index (χ1) is 15.8. The second kappa shape index (κ2) is 9.32. The van der Waals surface area contributed by atoms with Crippen molar-refractivity contribution in [1.29, 1.82) is 0 Å². The van der Waals surface area contributed by atoms with Crippen LogP contribution in [0.5, 0.6) is 11.5 Å². The number of methoxy groups -OCH3 is 1. The van der Waals surface area contributed by atoms with Gasteiger partial charge in [0.15, 0.2) is 11.2 Å². The van der Waals surface area contributed by atoms with Crippen LogP contribution in [0.25, 0.3) is 16.9 Å².